The lowest BCUT2D eigenvalue weighted by Crippen LogP contribution is -2.13. The van der Waals surface area contributed by atoms with E-state index in [1.54, 1.807) is 30.5 Å². The summed E-state index contributed by atoms with van der Waals surface area (Å²) in [6, 6.07) is 10.7. The molecule has 1 amide bonds. The maximum Gasteiger partial charge on any atom is 0.258 e. The summed E-state index contributed by atoms with van der Waals surface area (Å²) in [7, 11) is 0. The van der Waals surface area contributed by atoms with Crippen molar-refractivity contribution < 1.29 is 9.32 Å². The van der Waals surface area contributed by atoms with Gasteiger partial charge in [-0.15, -0.1) is 16.9 Å². The van der Waals surface area contributed by atoms with Crippen LogP contribution in [0.3, 0.4) is 0 Å². The predicted molar refractivity (Wildman–Crippen MR) is 107 cm³/mol. The normalized spacial score (nSPS) is 10.8. The molecule has 0 unspecified atom stereocenters. The van der Waals surface area contributed by atoms with Crippen molar-refractivity contribution in [2.75, 3.05) is 5.32 Å². The number of rotatable bonds is 6. The highest BCUT2D eigenvalue weighted by molar-refractivity contribution is 7.98. The van der Waals surface area contributed by atoms with Crippen LogP contribution in [0.4, 0.5) is 5.69 Å². The van der Waals surface area contributed by atoms with Crippen LogP contribution < -0.4 is 5.32 Å². The summed E-state index contributed by atoms with van der Waals surface area (Å²) in [5.41, 5.74) is 3.83. The van der Waals surface area contributed by atoms with Gasteiger partial charge in [-0.2, -0.15) is 0 Å². The summed E-state index contributed by atoms with van der Waals surface area (Å²) >= 11 is 1.48. The highest BCUT2D eigenvalue weighted by Gasteiger charge is 2.16. The fourth-order valence-corrected chi connectivity index (χ4v) is 3.85. The third-order valence-corrected chi connectivity index (χ3v) is 5.32. The van der Waals surface area contributed by atoms with Gasteiger partial charge in [0.2, 0.25) is 0 Å². The number of pyridine rings is 1. The van der Waals surface area contributed by atoms with E-state index in [0.717, 1.165) is 22.7 Å². The molecular formula is C19H17N7O2S. The van der Waals surface area contributed by atoms with E-state index in [0.29, 0.717) is 22.0 Å². The molecule has 0 saturated carbocycles. The Labute approximate surface area is 170 Å². The van der Waals surface area contributed by atoms with E-state index in [2.05, 4.69) is 31.0 Å². The average molecular weight is 407 g/mol. The molecular weight excluding hydrogens is 390 g/mol. The minimum absolute atomic E-state index is 0.227. The average Bonchev–Trinajstić information content (AvgIpc) is 3.38. The van der Waals surface area contributed by atoms with Crippen LogP contribution in [0.2, 0.25) is 0 Å². The second-order valence-electron chi connectivity index (χ2n) is 6.20. The van der Waals surface area contributed by atoms with Gasteiger partial charge in [-0.05, 0) is 60.7 Å². The Morgan fingerprint density at radius 1 is 1.21 bits per heavy atom. The number of hydrogen-bond donors (Lipinski definition) is 1. The van der Waals surface area contributed by atoms with E-state index in [4.69, 9.17) is 4.52 Å². The van der Waals surface area contributed by atoms with Crippen LogP contribution in [0, 0.1) is 13.8 Å². The number of nitrogens with zero attached hydrogens (tertiary/aromatic N) is 6. The first-order chi connectivity index (χ1) is 14.1. The van der Waals surface area contributed by atoms with Gasteiger partial charge < -0.3 is 9.84 Å². The molecule has 1 N–H and O–H groups in total. The molecule has 0 spiro atoms. The van der Waals surface area contributed by atoms with Gasteiger partial charge in [0.25, 0.3) is 5.91 Å². The van der Waals surface area contributed by atoms with Gasteiger partial charge in [0.05, 0.1) is 16.9 Å². The number of aryl methyl sites for hydroxylation is 2. The summed E-state index contributed by atoms with van der Waals surface area (Å²) in [6.45, 7) is 3.78. The number of amides is 1. The van der Waals surface area contributed by atoms with E-state index in [1.807, 2.05) is 26.0 Å². The molecule has 29 heavy (non-hydrogen) atoms. The Bertz CT molecular complexity index is 1100. The zero-order valence-electron chi connectivity index (χ0n) is 15.7. The van der Waals surface area contributed by atoms with E-state index >= 15 is 0 Å². The lowest BCUT2D eigenvalue weighted by atomic mass is 10.2. The summed E-state index contributed by atoms with van der Waals surface area (Å²) in [5.74, 6) is 1.17. The summed E-state index contributed by atoms with van der Waals surface area (Å²) in [4.78, 5) is 17.2. The quantitative estimate of drug-likeness (QED) is 0.485. The molecule has 0 aliphatic heterocycles. The van der Waals surface area contributed by atoms with Crippen molar-refractivity contribution in [2.45, 2.75) is 24.6 Å². The van der Waals surface area contributed by atoms with Crippen molar-refractivity contribution in [2.24, 2.45) is 0 Å². The molecule has 0 radical (unpaired) electrons. The number of thioether (sulfide) groups is 1. The number of anilines is 1. The SMILES string of the molecule is Cc1noc(C)c1CSc1ncccc1C(=O)Nc1ccc(-n2cnnn2)cc1. The summed E-state index contributed by atoms with van der Waals surface area (Å²) in [6.07, 6.45) is 3.18. The van der Waals surface area contributed by atoms with Crippen molar-refractivity contribution in [3.8, 4) is 5.69 Å². The molecule has 0 bridgehead atoms. The van der Waals surface area contributed by atoms with Crippen molar-refractivity contribution in [3.05, 3.63) is 71.5 Å². The molecule has 146 valence electrons. The molecule has 3 heterocycles. The molecule has 0 atom stereocenters. The zero-order chi connectivity index (χ0) is 20.2. The molecule has 4 rings (SSSR count). The van der Waals surface area contributed by atoms with Gasteiger partial charge in [-0.3, -0.25) is 4.79 Å². The molecule has 9 nitrogen and oxygen atoms in total. The third-order valence-electron chi connectivity index (χ3n) is 4.29. The predicted octanol–water partition coefficient (Wildman–Crippen LogP) is 3.21. The molecule has 10 heteroatoms. The standard InChI is InChI=1S/C19H17N7O2S/c1-12-17(13(2)28-23-12)10-29-19-16(4-3-9-20-19)18(27)22-14-5-7-15(8-6-14)26-11-21-24-25-26/h3-9,11H,10H2,1-2H3,(H,22,27). The molecule has 1 aromatic carbocycles. The van der Waals surface area contributed by atoms with Gasteiger partial charge in [0.15, 0.2) is 0 Å². The maximum atomic E-state index is 12.8. The van der Waals surface area contributed by atoms with Crippen molar-refractivity contribution in [3.63, 3.8) is 0 Å². The number of carbonyl (C=O) groups excluding carboxylic acids is 1. The van der Waals surface area contributed by atoms with Crippen LogP contribution >= 0.6 is 11.8 Å². The van der Waals surface area contributed by atoms with Crippen molar-refractivity contribution in [1.82, 2.24) is 30.3 Å². The van der Waals surface area contributed by atoms with Gasteiger partial charge >= 0.3 is 0 Å². The van der Waals surface area contributed by atoms with Crippen LogP contribution in [0.25, 0.3) is 5.69 Å². The van der Waals surface area contributed by atoms with Crippen molar-refractivity contribution in [1.29, 1.82) is 0 Å². The number of hydrogen-bond acceptors (Lipinski definition) is 8. The van der Waals surface area contributed by atoms with Gasteiger partial charge in [-0.25, -0.2) is 9.67 Å². The number of tetrazole rings is 1. The minimum atomic E-state index is -0.227. The Kier molecular flexibility index (Phi) is 5.34. The Morgan fingerprint density at radius 3 is 2.72 bits per heavy atom. The third kappa shape index (κ3) is 4.16. The topological polar surface area (TPSA) is 112 Å². The molecule has 4 aromatic rings. The van der Waals surface area contributed by atoms with E-state index in [9.17, 15) is 4.79 Å². The monoisotopic (exact) mass is 407 g/mol. The smallest absolute Gasteiger partial charge is 0.258 e. The second kappa shape index (κ2) is 8.23. The molecule has 0 fully saturated rings. The highest BCUT2D eigenvalue weighted by atomic mass is 32.2. The summed E-state index contributed by atoms with van der Waals surface area (Å²) < 4.78 is 6.74. The molecule has 0 aliphatic rings. The highest BCUT2D eigenvalue weighted by Crippen LogP contribution is 2.27. The van der Waals surface area contributed by atoms with E-state index in [1.165, 1.54) is 22.8 Å². The Hall–Kier alpha value is -3.53. The number of nitrogens with one attached hydrogen (secondary N) is 1. The molecule has 0 saturated heterocycles. The number of aromatic nitrogens is 6. The van der Waals surface area contributed by atoms with Gasteiger partial charge in [0.1, 0.15) is 17.1 Å². The molecule has 0 aliphatic carbocycles. The van der Waals surface area contributed by atoms with Gasteiger partial charge in [-0.1, -0.05) is 5.16 Å². The minimum Gasteiger partial charge on any atom is -0.361 e. The lowest BCUT2D eigenvalue weighted by molar-refractivity contribution is 0.102. The van der Waals surface area contributed by atoms with Crippen LogP contribution in [0.1, 0.15) is 27.4 Å². The first kappa shape index (κ1) is 18.8. The first-order valence-electron chi connectivity index (χ1n) is 8.76. The van der Waals surface area contributed by atoms with Gasteiger partial charge in [0, 0.05) is 23.2 Å². The first-order valence-corrected chi connectivity index (χ1v) is 9.74. The Balaban J connectivity index is 1.47. The second-order valence-corrected chi connectivity index (χ2v) is 7.17. The Morgan fingerprint density at radius 2 is 2.03 bits per heavy atom. The zero-order valence-corrected chi connectivity index (χ0v) is 16.6. The van der Waals surface area contributed by atoms with Crippen molar-refractivity contribution >= 4 is 23.4 Å². The number of carbonyl (C=O) groups is 1. The largest absolute Gasteiger partial charge is 0.361 e. The molecule has 3 aromatic heterocycles. The fourth-order valence-electron chi connectivity index (χ4n) is 2.70. The van der Waals surface area contributed by atoms with Crippen LogP contribution in [0.5, 0.6) is 0 Å². The van der Waals surface area contributed by atoms with E-state index in [-0.39, 0.29) is 5.91 Å². The lowest BCUT2D eigenvalue weighted by Gasteiger charge is -2.09. The fraction of sp³-hybridized carbons (Fsp3) is 0.158. The van der Waals surface area contributed by atoms with Crippen LogP contribution in [-0.4, -0.2) is 36.3 Å². The van der Waals surface area contributed by atoms with Crippen LogP contribution in [0.15, 0.2) is 58.5 Å². The van der Waals surface area contributed by atoms with E-state index < -0.39 is 0 Å². The van der Waals surface area contributed by atoms with Crippen LogP contribution in [-0.2, 0) is 5.75 Å². The summed E-state index contributed by atoms with van der Waals surface area (Å²) in [5, 5.41) is 18.6. The maximum absolute atomic E-state index is 12.8. The number of benzene rings is 1.